The van der Waals surface area contributed by atoms with Crippen molar-refractivity contribution in [2.45, 2.75) is 18.9 Å². The maximum absolute atomic E-state index is 10.5. The summed E-state index contributed by atoms with van der Waals surface area (Å²) in [5.41, 5.74) is 4.21. The lowest BCUT2D eigenvalue weighted by molar-refractivity contribution is 0.175. The van der Waals surface area contributed by atoms with Gasteiger partial charge in [-0.05, 0) is 47.2 Å². The fourth-order valence-corrected chi connectivity index (χ4v) is 3.36. The van der Waals surface area contributed by atoms with Crippen LogP contribution in [0.1, 0.15) is 11.1 Å². The molecule has 4 nitrogen and oxygen atoms in total. The van der Waals surface area contributed by atoms with E-state index in [1.54, 1.807) is 21.3 Å². The first kappa shape index (κ1) is 19.8. The zero-order valence-electron chi connectivity index (χ0n) is 16.5. The van der Waals surface area contributed by atoms with Gasteiger partial charge in [-0.3, -0.25) is 0 Å². The third-order valence-electron chi connectivity index (χ3n) is 4.71. The first-order valence-corrected chi connectivity index (χ1v) is 9.26. The Morgan fingerprint density at radius 1 is 0.679 bits per heavy atom. The molecule has 1 atom stereocenters. The van der Waals surface area contributed by atoms with Crippen molar-refractivity contribution in [3.05, 3.63) is 77.9 Å². The predicted octanol–water partition coefficient (Wildman–Crippen LogP) is 4.53. The molecule has 4 heteroatoms. The van der Waals surface area contributed by atoms with E-state index in [1.807, 2.05) is 60.7 Å². The van der Waals surface area contributed by atoms with Crippen molar-refractivity contribution in [1.82, 2.24) is 0 Å². The third-order valence-corrected chi connectivity index (χ3v) is 4.71. The number of benzene rings is 3. The van der Waals surface area contributed by atoms with Gasteiger partial charge in [-0.25, -0.2) is 0 Å². The van der Waals surface area contributed by atoms with Gasteiger partial charge < -0.3 is 19.3 Å². The highest BCUT2D eigenvalue weighted by atomic mass is 16.5. The lowest BCUT2D eigenvalue weighted by Crippen LogP contribution is -2.13. The molecule has 146 valence electrons. The standard InChI is InChI=1S/C24H26O4/c1-26-22-15-20(16-23(27-2)24(22)28-3)19-11-7-10-18(12-19)14-21(25)13-17-8-5-4-6-9-17/h4-12,15-16,21,25H,13-14H2,1-3H3. The molecule has 0 saturated heterocycles. The average Bonchev–Trinajstić information content (AvgIpc) is 2.73. The zero-order chi connectivity index (χ0) is 19.9. The second-order valence-electron chi connectivity index (χ2n) is 6.66. The summed E-state index contributed by atoms with van der Waals surface area (Å²) in [6.07, 6.45) is 0.792. The van der Waals surface area contributed by atoms with Crippen molar-refractivity contribution in [3.63, 3.8) is 0 Å². The topological polar surface area (TPSA) is 47.9 Å². The molecule has 0 fully saturated rings. The monoisotopic (exact) mass is 378 g/mol. The quantitative estimate of drug-likeness (QED) is 0.626. The Balaban J connectivity index is 1.83. The van der Waals surface area contributed by atoms with Gasteiger partial charge in [-0.15, -0.1) is 0 Å². The van der Waals surface area contributed by atoms with Crippen molar-refractivity contribution in [2.75, 3.05) is 21.3 Å². The maximum Gasteiger partial charge on any atom is 0.203 e. The SMILES string of the molecule is COc1cc(-c2cccc(CC(O)Cc3ccccc3)c2)cc(OC)c1OC. The molecule has 3 aromatic carbocycles. The van der Waals surface area contributed by atoms with E-state index in [4.69, 9.17) is 14.2 Å². The third kappa shape index (κ3) is 4.65. The van der Waals surface area contributed by atoms with Gasteiger partial charge in [-0.2, -0.15) is 0 Å². The Morgan fingerprint density at radius 3 is 1.89 bits per heavy atom. The van der Waals surface area contributed by atoms with E-state index in [2.05, 4.69) is 6.07 Å². The minimum absolute atomic E-state index is 0.433. The minimum Gasteiger partial charge on any atom is -0.493 e. The van der Waals surface area contributed by atoms with Crippen LogP contribution >= 0.6 is 0 Å². The lowest BCUT2D eigenvalue weighted by atomic mass is 9.97. The van der Waals surface area contributed by atoms with Crippen LogP contribution in [-0.4, -0.2) is 32.5 Å². The smallest absolute Gasteiger partial charge is 0.203 e. The molecule has 0 aromatic heterocycles. The molecule has 1 N–H and O–H groups in total. The van der Waals surface area contributed by atoms with Crippen LogP contribution in [0.3, 0.4) is 0 Å². The highest BCUT2D eigenvalue weighted by Crippen LogP contribution is 2.41. The number of ether oxygens (including phenoxy) is 3. The normalized spacial score (nSPS) is 11.7. The van der Waals surface area contributed by atoms with Crippen LogP contribution in [0.4, 0.5) is 0 Å². The summed E-state index contributed by atoms with van der Waals surface area (Å²) in [7, 11) is 4.81. The van der Waals surface area contributed by atoms with Crippen LogP contribution in [0.2, 0.25) is 0 Å². The van der Waals surface area contributed by atoms with Gasteiger partial charge in [0.05, 0.1) is 27.4 Å². The van der Waals surface area contributed by atoms with Gasteiger partial charge in [0, 0.05) is 0 Å². The molecule has 3 rings (SSSR count). The summed E-state index contributed by atoms with van der Waals surface area (Å²) in [6.45, 7) is 0. The van der Waals surface area contributed by atoms with Gasteiger partial charge in [-0.1, -0.05) is 54.6 Å². The van der Waals surface area contributed by atoms with Crippen molar-refractivity contribution in [1.29, 1.82) is 0 Å². The molecule has 0 saturated carbocycles. The van der Waals surface area contributed by atoms with E-state index < -0.39 is 6.10 Å². The van der Waals surface area contributed by atoms with Crippen molar-refractivity contribution < 1.29 is 19.3 Å². The molecular weight excluding hydrogens is 352 g/mol. The van der Waals surface area contributed by atoms with Crippen LogP contribution in [0.5, 0.6) is 17.2 Å². The number of aliphatic hydroxyl groups is 1. The minimum atomic E-state index is -0.433. The number of aliphatic hydroxyl groups excluding tert-OH is 1. The number of rotatable bonds is 8. The van der Waals surface area contributed by atoms with E-state index in [9.17, 15) is 5.11 Å². The summed E-state index contributed by atoms with van der Waals surface area (Å²) < 4.78 is 16.3. The van der Waals surface area contributed by atoms with Crippen molar-refractivity contribution in [3.8, 4) is 28.4 Å². The van der Waals surface area contributed by atoms with Crippen LogP contribution < -0.4 is 14.2 Å². The summed E-state index contributed by atoms with van der Waals surface area (Å²) in [5.74, 6) is 1.81. The first-order chi connectivity index (χ1) is 13.6. The maximum atomic E-state index is 10.5. The van der Waals surface area contributed by atoms with Gasteiger partial charge >= 0.3 is 0 Å². The van der Waals surface area contributed by atoms with Crippen LogP contribution in [0, 0.1) is 0 Å². The second kappa shape index (κ2) is 9.29. The summed E-state index contributed by atoms with van der Waals surface area (Å²) in [6, 6.07) is 22.1. The largest absolute Gasteiger partial charge is 0.493 e. The fraction of sp³-hybridized carbons (Fsp3) is 0.250. The Morgan fingerprint density at radius 2 is 1.29 bits per heavy atom. The number of hydrogen-bond donors (Lipinski definition) is 1. The van der Waals surface area contributed by atoms with Gasteiger partial charge in [0.1, 0.15) is 0 Å². The lowest BCUT2D eigenvalue weighted by Gasteiger charge is -2.15. The van der Waals surface area contributed by atoms with Gasteiger partial charge in [0.2, 0.25) is 5.75 Å². The second-order valence-corrected chi connectivity index (χ2v) is 6.66. The Bertz CT molecular complexity index is 880. The molecule has 0 spiro atoms. The van der Waals surface area contributed by atoms with Crippen LogP contribution in [-0.2, 0) is 12.8 Å². The highest BCUT2D eigenvalue weighted by Gasteiger charge is 2.15. The molecule has 0 aliphatic carbocycles. The molecule has 0 heterocycles. The van der Waals surface area contributed by atoms with E-state index >= 15 is 0 Å². The van der Waals surface area contributed by atoms with Crippen LogP contribution in [0.25, 0.3) is 11.1 Å². The van der Waals surface area contributed by atoms with Crippen molar-refractivity contribution in [2.24, 2.45) is 0 Å². The summed E-state index contributed by atoms with van der Waals surface area (Å²) >= 11 is 0. The van der Waals surface area contributed by atoms with Gasteiger partial charge in [0.25, 0.3) is 0 Å². The molecule has 1 unspecified atom stereocenters. The Hall–Kier alpha value is -2.98. The van der Waals surface area contributed by atoms with E-state index in [0.29, 0.717) is 30.1 Å². The Kier molecular flexibility index (Phi) is 6.56. The predicted molar refractivity (Wildman–Crippen MR) is 111 cm³/mol. The van der Waals surface area contributed by atoms with E-state index in [-0.39, 0.29) is 0 Å². The Labute approximate surface area is 166 Å². The molecule has 0 aliphatic heterocycles. The molecule has 28 heavy (non-hydrogen) atoms. The summed E-state index contributed by atoms with van der Waals surface area (Å²) in [5, 5.41) is 10.5. The number of hydrogen-bond acceptors (Lipinski definition) is 4. The molecule has 3 aromatic rings. The first-order valence-electron chi connectivity index (χ1n) is 9.26. The summed E-state index contributed by atoms with van der Waals surface area (Å²) in [4.78, 5) is 0. The molecule has 0 amide bonds. The molecular formula is C24H26O4. The number of methoxy groups -OCH3 is 3. The van der Waals surface area contributed by atoms with Gasteiger partial charge in [0.15, 0.2) is 11.5 Å². The van der Waals surface area contributed by atoms with E-state index in [1.165, 1.54) is 0 Å². The van der Waals surface area contributed by atoms with Crippen molar-refractivity contribution >= 4 is 0 Å². The van der Waals surface area contributed by atoms with Crippen LogP contribution in [0.15, 0.2) is 66.7 Å². The molecule has 0 radical (unpaired) electrons. The zero-order valence-corrected chi connectivity index (χ0v) is 16.5. The molecule has 0 bridgehead atoms. The highest BCUT2D eigenvalue weighted by molar-refractivity contribution is 5.71. The fourth-order valence-electron chi connectivity index (χ4n) is 3.36. The average molecular weight is 378 g/mol. The van der Waals surface area contributed by atoms with E-state index in [0.717, 1.165) is 22.3 Å². The molecule has 0 aliphatic rings.